The number of amides is 2. The van der Waals surface area contributed by atoms with Crippen LogP contribution in [0.2, 0.25) is 5.02 Å². The third-order valence-electron chi connectivity index (χ3n) is 10.2. The number of pyridine rings is 2. The first-order valence-corrected chi connectivity index (χ1v) is 18.2. The summed E-state index contributed by atoms with van der Waals surface area (Å²) in [6, 6.07) is 1.97. The van der Waals surface area contributed by atoms with Gasteiger partial charge < -0.3 is 34.3 Å². The van der Waals surface area contributed by atoms with Gasteiger partial charge in [0.25, 0.3) is 5.91 Å². The molecule has 0 bridgehead atoms. The summed E-state index contributed by atoms with van der Waals surface area (Å²) >= 11 is 6.15. The second kappa shape index (κ2) is 14.6. The second-order valence-electron chi connectivity index (χ2n) is 14.0. The summed E-state index contributed by atoms with van der Waals surface area (Å²) < 4.78 is 48.8. The lowest BCUT2D eigenvalue weighted by molar-refractivity contribution is -0.137. The molecule has 15 nitrogen and oxygen atoms in total. The highest BCUT2D eigenvalue weighted by Crippen LogP contribution is 2.39. The fraction of sp³-hybridized carbons (Fsp3) is 0.378. The maximum absolute atomic E-state index is 14.5. The van der Waals surface area contributed by atoms with Crippen molar-refractivity contribution in [3.8, 4) is 11.6 Å². The number of aromatic amines is 1. The number of benzene rings is 1. The number of H-pyrrole nitrogens is 1. The molecule has 2 aliphatic rings. The van der Waals surface area contributed by atoms with Crippen molar-refractivity contribution >= 4 is 51.8 Å². The van der Waals surface area contributed by atoms with Gasteiger partial charge in [-0.05, 0) is 44.4 Å². The number of rotatable bonds is 9. The summed E-state index contributed by atoms with van der Waals surface area (Å²) in [5.41, 5.74) is -0.701. The van der Waals surface area contributed by atoms with Crippen LogP contribution in [0.5, 0.6) is 11.6 Å². The number of alkyl halides is 3. The topological polar surface area (TPSA) is 164 Å². The Hall–Kier alpha value is -5.91. The van der Waals surface area contributed by atoms with Gasteiger partial charge in [0.05, 0.1) is 40.9 Å². The highest BCUT2D eigenvalue weighted by atomic mass is 35.5. The van der Waals surface area contributed by atoms with Gasteiger partial charge in [-0.2, -0.15) is 18.3 Å². The maximum Gasteiger partial charge on any atom is 0.416 e. The number of carbonyl (C=O) groups excluding carboxylic acids is 2. The molecule has 1 aromatic carbocycles. The first-order valence-electron chi connectivity index (χ1n) is 17.8. The zero-order chi connectivity index (χ0) is 40.2. The molecule has 0 radical (unpaired) electrons. The molecule has 5 aromatic rings. The molecule has 1 aliphatic carbocycles. The summed E-state index contributed by atoms with van der Waals surface area (Å²) in [6.45, 7) is 3.45. The van der Waals surface area contributed by atoms with Gasteiger partial charge in [0.2, 0.25) is 22.6 Å². The number of aromatic nitrogens is 6. The molecule has 56 heavy (non-hydrogen) atoms. The van der Waals surface area contributed by atoms with Gasteiger partial charge >= 0.3 is 6.18 Å². The monoisotopic (exact) mass is 794 g/mol. The van der Waals surface area contributed by atoms with Crippen LogP contribution in [0.4, 0.5) is 30.4 Å². The molecular weight excluding hydrogens is 757 g/mol. The van der Waals surface area contributed by atoms with Gasteiger partial charge in [-0.1, -0.05) is 18.5 Å². The molecule has 0 spiro atoms. The van der Waals surface area contributed by atoms with Crippen LogP contribution in [0.25, 0.3) is 11.2 Å². The number of hydrogen-bond donors (Lipinski definition) is 2. The molecule has 1 saturated carbocycles. The van der Waals surface area contributed by atoms with E-state index < -0.39 is 34.4 Å². The van der Waals surface area contributed by atoms with E-state index in [4.69, 9.17) is 16.3 Å². The third-order valence-corrected chi connectivity index (χ3v) is 10.5. The Morgan fingerprint density at radius 2 is 1.86 bits per heavy atom. The highest BCUT2D eigenvalue weighted by Gasteiger charge is 2.47. The minimum absolute atomic E-state index is 0.00582. The number of anilines is 3. The average molecular weight is 795 g/mol. The minimum atomic E-state index is -4.62. The fourth-order valence-electron chi connectivity index (χ4n) is 7.26. The van der Waals surface area contributed by atoms with Crippen LogP contribution in [0.3, 0.4) is 0 Å². The summed E-state index contributed by atoms with van der Waals surface area (Å²) in [4.78, 5) is 73.3. The lowest BCUT2D eigenvalue weighted by Gasteiger charge is -2.54. The third kappa shape index (κ3) is 6.93. The van der Waals surface area contributed by atoms with E-state index in [1.807, 2.05) is 11.8 Å². The molecule has 7 rings (SSSR count). The molecule has 5 heterocycles. The van der Waals surface area contributed by atoms with Gasteiger partial charge in [-0.25, -0.2) is 9.97 Å². The van der Waals surface area contributed by atoms with E-state index in [-0.39, 0.29) is 71.5 Å². The average Bonchev–Trinajstić information content (AvgIpc) is 3.55. The zero-order valence-electron chi connectivity index (χ0n) is 31.1. The summed E-state index contributed by atoms with van der Waals surface area (Å²) in [6.07, 6.45) is 2.95. The summed E-state index contributed by atoms with van der Waals surface area (Å²) in [5, 5.41) is 6.39. The van der Waals surface area contributed by atoms with Crippen molar-refractivity contribution < 1.29 is 27.5 Å². The number of nitrogens with zero attached hydrogens (tertiary/aromatic N) is 8. The van der Waals surface area contributed by atoms with Crippen molar-refractivity contribution in [3.63, 3.8) is 0 Å². The first kappa shape index (κ1) is 38.4. The van der Waals surface area contributed by atoms with E-state index in [2.05, 4.69) is 25.4 Å². The molecule has 1 saturated heterocycles. The van der Waals surface area contributed by atoms with E-state index >= 15 is 0 Å². The Balaban J connectivity index is 1.24. The molecule has 294 valence electrons. The van der Waals surface area contributed by atoms with E-state index in [1.165, 1.54) is 23.3 Å². The fourth-order valence-corrected chi connectivity index (χ4v) is 7.48. The Bertz CT molecular complexity index is 2500. The van der Waals surface area contributed by atoms with Crippen LogP contribution in [-0.4, -0.2) is 85.3 Å². The van der Waals surface area contributed by atoms with Crippen LogP contribution in [0.1, 0.15) is 46.9 Å². The van der Waals surface area contributed by atoms with E-state index in [9.17, 15) is 32.3 Å². The smallest absolute Gasteiger partial charge is 0.416 e. The SMILES string of the molecule is CCc1c(N2CCN(C(=O)c3c(Oc4cnn(C)c4)[nH]cc(C)c3=O)[C@H]3CC[C@@H]32)c(=O)c2nc(N(C)C)cnc2n1CC(=O)Nc1ccc(C(F)(F)F)cc1Cl. The molecule has 1 aliphatic heterocycles. The van der Waals surface area contributed by atoms with Crippen LogP contribution in [-0.2, 0) is 31.0 Å². The van der Waals surface area contributed by atoms with E-state index in [0.29, 0.717) is 41.4 Å². The minimum Gasteiger partial charge on any atom is -0.437 e. The Labute approximate surface area is 322 Å². The summed E-state index contributed by atoms with van der Waals surface area (Å²) in [5.74, 6) is -0.394. The van der Waals surface area contributed by atoms with Crippen molar-refractivity contribution in [1.82, 2.24) is 34.2 Å². The van der Waals surface area contributed by atoms with Crippen molar-refractivity contribution in [2.45, 2.75) is 57.9 Å². The predicted octanol–water partition coefficient (Wildman–Crippen LogP) is 4.75. The van der Waals surface area contributed by atoms with Crippen LogP contribution in [0, 0.1) is 6.92 Å². The lowest BCUT2D eigenvalue weighted by atomic mass is 9.81. The molecule has 2 fully saturated rings. The predicted molar refractivity (Wildman–Crippen MR) is 203 cm³/mol. The van der Waals surface area contributed by atoms with Gasteiger partial charge in [0.15, 0.2) is 16.9 Å². The normalized spacial score (nSPS) is 16.7. The van der Waals surface area contributed by atoms with Gasteiger partial charge in [0.1, 0.15) is 23.6 Å². The standard InChI is InChI=1S/C37H38ClF3N10O5/c1-6-24-31(49-11-12-50(26-10-9-25(26)49)36(55)29-32(53)19(2)14-43-35(29)56-21-15-44-48(5)17-21)33(54)30-34(42-16-27(46-30)47(3)4)51(24)18-28(52)45-23-8-7-20(13-22(23)38)37(39,40)41/h7-8,13-17,25-26H,6,9-12,18H2,1-5H3,(H,43,53)(H,45,52)/t25-,26-/m0/s1. The first-order chi connectivity index (χ1) is 26.6. The quantitative estimate of drug-likeness (QED) is 0.213. The molecule has 2 atom stereocenters. The van der Waals surface area contributed by atoms with Crippen LogP contribution >= 0.6 is 11.6 Å². The number of carbonyl (C=O) groups is 2. The molecule has 19 heteroatoms. The highest BCUT2D eigenvalue weighted by molar-refractivity contribution is 6.33. The molecule has 2 N–H and O–H groups in total. The Morgan fingerprint density at radius 3 is 2.48 bits per heavy atom. The van der Waals surface area contributed by atoms with E-state index in [1.54, 1.807) is 48.6 Å². The van der Waals surface area contributed by atoms with Crippen molar-refractivity contribution in [2.24, 2.45) is 7.05 Å². The van der Waals surface area contributed by atoms with E-state index in [0.717, 1.165) is 18.2 Å². The Morgan fingerprint density at radius 1 is 1.11 bits per heavy atom. The van der Waals surface area contributed by atoms with Crippen molar-refractivity contribution in [2.75, 3.05) is 42.3 Å². The van der Waals surface area contributed by atoms with Gasteiger partial charge in [-0.15, -0.1) is 0 Å². The molecule has 2 amide bonds. The molecule has 0 unspecified atom stereocenters. The number of ether oxygens (including phenoxy) is 1. The molecular formula is C37H38ClF3N10O5. The zero-order valence-corrected chi connectivity index (χ0v) is 31.8. The van der Waals surface area contributed by atoms with Gasteiger partial charge in [0, 0.05) is 57.7 Å². The van der Waals surface area contributed by atoms with Crippen molar-refractivity contribution in [3.05, 3.63) is 90.8 Å². The number of hydrogen-bond acceptors (Lipinski definition) is 10. The van der Waals surface area contributed by atoms with Gasteiger partial charge in [-0.3, -0.25) is 23.9 Å². The van der Waals surface area contributed by atoms with Crippen molar-refractivity contribution in [1.29, 1.82) is 0 Å². The number of piperazine rings is 1. The number of nitrogens with one attached hydrogen (secondary N) is 2. The van der Waals surface area contributed by atoms with Crippen LogP contribution < -0.4 is 30.7 Å². The largest absolute Gasteiger partial charge is 0.437 e. The summed E-state index contributed by atoms with van der Waals surface area (Å²) in [7, 11) is 5.21. The maximum atomic E-state index is 14.5. The number of halogens is 4. The molecule has 4 aromatic heterocycles. The Kier molecular flexibility index (Phi) is 10.0. The number of fused-ring (bicyclic) bond motifs is 2. The number of aryl methyl sites for hydroxylation is 2. The second-order valence-corrected chi connectivity index (χ2v) is 14.4. The van der Waals surface area contributed by atoms with Crippen LogP contribution in [0.15, 0.2) is 52.6 Å². The lowest BCUT2D eigenvalue weighted by Crippen LogP contribution is -2.67.